The lowest BCUT2D eigenvalue weighted by molar-refractivity contribution is 0.105. The Morgan fingerprint density at radius 3 is 2.62 bits per heavy atom. The maximum Gasteiger partial charge on any atom is 0.0175 e. The summed E-state index contributed by atoms with van der Waals surface area (Å²) in [5.41, 5.74) is 1.08. The highest BCUT2D eigenvalue weighted by atomic mass is 15.2. The van der Waals surface area contributed by atoms with E-state index < -0.39 is 0 Å². The summed E-state index contributed by atoms with van der Waals surface area (Å²) in [6, 6.07) is 1.55. The van der Waals surface area contributed by atoms with Crippen molar-refractivity contribution in [1.82, 2.24) is 10.2 Å². The molecule has 3 rings (SSSR count). The number of nitrogens with one attached hydrogen (secondary N) is 1. The normalized spacial score (nSPS) is 42.6. The van der Waals surface area contributed by atoms with E-state index in [-0.39, 0.29) is 0 Å². The van der Waals surface area contributed by atoms with Gasteiger partial charge in [0.25, 0.3) is 0 Å². The largest absolute Gasteiger partial charge is 0.313 e. The highest BCUT2D eigenvalue weighted by Crippen LogP contribution is 2.62. The lowest BCUT2D eigenvalue weighted by Crippen LogP contribution is -2.51. The van der Waals surface area contributed by atoms with E-state index >= 15 is 0 Å². The van der Waals surface area contributed by atoms with Gasteiger partial charge < -0.3 is 10.2 Å². The van der Waals surface area contributed by atoms with Crippen LogP contribution < -0.4 is 5.32 Å². The Hall–Kier alpha value is -0.0800. The second-order valence-electron chi connectivity index (χ2n) is 9.04. The molecule has 0 amide bonds. The zero-order chi connectivity index (χ0) is 15.1. The number of hydrogen-bond acceptors (Lipinski definition) is 2. The van der Waals surface area contributed by atoms with Crippen LogP contribution >= 0.6 is 0 Å². The van der Waals surface area contributed by atoms with Crippen LogP contribution in [0.1, 0.15) is 72.6 Å². The number of rotatable bonds is 5. The minimum atomic E-state index is 0.505. The lowest BCUT2D eigenvalue weighted by Gasteiger charge is -2.43. The Kier molecular flexibility index (Phi) is 4.40. The maximum atomic E-state index is 3.97. The van der Waals surface area contributed by atoms with E-state index in [1.54, 1.807) is 0 Å². The molecule has 2 heteroatoms. The van der Waals surface area contributed by atoms with Crippen molar-refractivity contribution in [3.8, 4) is 0 Å². The van der Waals surface area contributed by atoms with Crippen LogP contribution in [0, 0.1) is 16.7 Å². The Balaban J connectivity index is 1.45. The third kappa shape index (κ3) is 2.91. The van der Waals surface area contributed by atoms with Gasteiger partial charge in [-0.05, 0) is 81.8 Å². The van der Waals surface area contributed by atoms with E-state index in [0.717, 1.165) is 18.0 Å². The van der Waals surface area contributed by atoms with Gasteiger partial charge in [-0.2, -0.15) is 0 Å². The minimum absolute atomic E-state index is 0.505. The fraction of sp³-hybridized carbons (Fsp3) is 1.00. The zero-order valence-corrected chi connectivity index (χ0v) is 14.8. The van der Waals surface area contributed by atoms with Gasteiger partial charge >= 0.3 is 0 Å². The summed E-state index contributed by atoms with van der Waals surface area (Å²) in [6.07, 6.45) is 9.94. The number of piperidine rings is 1. The van der Waals surface area contributed by atoms with Crippen molar-refractivity contribution in [2.75, 3.05) is 19.6 Å². The third-order valence-electron chi connectivity index (χ3n) is 7.18. The maximum absolute atomic E-state index is 3.97. The Morgan fingerprint density at radius 1 is 1.14 bits per heavy atom. The molecule has 4 unspecified atom stereocenters. The predicted molar refractivity (Wildman–Crippen MR) is 90.5 cm³/mol. The molecule has 0 aromatic heterocycles. The minimum Gasteiger partial charge on any atom is -0.313 e. The zero-order valence-electron chi connectivity index (χ0n) is 14.8. The van der Waals surface area contributed by atoms with Crippen molar-refractivity contribution in [2.24, 2.45) is 16.7 Å². The van der Waals surface area contributed by atoms with Crippen LogP contribution in [0.15, 0.2) is 0 Å². The fourth-order valence-electron chi connectivity index (χ4n) is 5.83. The molecular formula is C19H36N2. The van der Waals surface area contributed by atoms with E-state index in [9.17, 15) is 0 Å². The van der Waals surface area contributed by atoms with Gasteiger partial charge in [0.2, 0.25) is 0 Å². The molecule has 21 heavy (non-hydrogen) atoms. The van der Waals surface area contributed by atoms with E-state index in [2.05, 4.69) is 37.9 Å². The topological polar surface area (TPSA) is 15.3 Å². The molecule has 2 saturated carbocycles. The molecule has 1 aliphatic heterocycles. The standard InChI is InChI=1S/C19H36N2/c1-15-8-5-6-12-21(15)13-7-11-20-17-18(2,3)16-9-10-19(17,4)14-16/h15-17,20H,5-14H2,1-4H3. The van der Waals surface area contributed by atoms with Crippen molar-refractivity contribution >= 4 is 0 Å². The molecule has 0 spiro atoms. The van der Waals surface area contributed by atoms with Crippen LogP contribution in [0.5, 0.6) is 0 Å². The molecule has 4 atom stereocenters. The molecule has 1 heterocycles. The summed E-state index contributed by atoms with van der Waals surface area (Å²) < 4.78 is 0. The van der Waals surface area contributed by atoms with Crippen LogP contribution in [0.25, 0.3) is 0 Å². The summed E-state index contributed by atoms with van der Waals surface area (Å²) in [4.78, 5) is 2.71. The van der Waals surface area contributed by atoms with Crippen molar-refractivity contribution < 1.29 is 0 Å². The van der Waals surface area contributed by atoms with Crippen LogP contribution in [-0.2, 0) is 0 Å². The van der Waals surface area contributed by atoms with Crippen molar-refractivity contribution in [2.45, 2.75) is 84.7 Å². The van der Waals surface area contributed by atoms with Crippen LogP contribution in [-0.4, -0.2) is 36.6 Å². The highest BCUT2D eigenvalue weighted by molar-refractivity contribution is 5.11. The Labute approximate surface area is 132 Å². The molecule has 0 aromatic rings. The summed E-state index contributed by atoms with van der Waals surface area (Å²) in [5, 5.41) is 3.97. The molecule has 2 nitrogen and oxygen atoms in total. The molecule has 0 radical (unpaired) electrons. The first-order chi connectivity index (χ1) is 9.93. The molecule has 2 bridgehead atoms. The molecule has 3 fully saturated rings. The van der Waals surface area contributed by atoms with E-state index in [4.69, 9.17) is 0 Å². The Bertz CT molecular complexity index is 360. The van der Waals surface area contributed by atoms with Gasteiger partial charge in [-0.25, -0.2) is 0 Å². The molecule has 122 valence electrons. The smallest absolute Gasteiger partial charge is 0.0175 e. The van der Waals surface area contributed by atoms with Crippen LogP contribution in [0.3, 0.4) is 0 Å². The van der Waals surface area contributed by atoms with Crippen LogP contribution in [0.4, 0.5) is 0 Å². The molecule has 1 saturated heterocycles. The molecule has 2 aliphatic carbocycles. The summed E-state index contributed by atoms with van der Waals surface area (Å²) >= 11 is 0. The number of likely N-dealkylation sites (tertiary alicyclic amines) is 1. The van der Waals surface area contributed by atoms with Crippen molar-refractivity contribution in [3.05, 3.63) is 0 Å². The van der Waals surface area contributed by atoms with Gasteiger partial charge in [-0.3, -0.25) is 0 Å². The number of nitrogens with zero attached hydrogens (tertiary/aromatic N) is 1. The van der Waals surface area contributed by atoms with Gasteiger partial charge in [-0.1, -0.05) is 27.2 Å². The monoisotopic (exact) mass is 292 g/mol. The van der Waals surface area contributed by atoms with E-state index in [1.165, 1.54) is 64.6 Å². The number of fused-ring (bicyclic) bond motifs is 2. The van der Waals surface area contributed by atoms with Gasteiger partial charge in [0.15, 0.2) is 0 Å². The summed E-state index contributed by atoms with van der Waals surface area (Å²) in [6.45, 7) is 13.8. The van der Waals surface area contributed by atoms with Crippen molar-refractivity contribution in [3.63, 3.8) is 0 Å². The average molecular weight is 293 g/mol. The lowest BCUT2D eigenvalue weighted by atomic mass is 9.68. The molecule has 0 aromatic carbocycles. The first-order valence-corrected chi connectivity index (χ1v) is 9.41. The molecular weight excluding hydrogens is 256 g/mol. The Morgan fingerprint density at radius 2 is 1.95 bits per heavy atom. The highest BCUT2D eigenvalue weighted by Gasteiger charge is 2.58. The summed E-state index contributed by atoms with van der Waals surface area (Å²) in [7, 11) is 0. The molecule has 1 N–H and O–H groups in total. The van der Waals surface area contributed by atoms with Crippen LogP contribution in [0.2, 0.25) is 0 Å². The third-order valence-corrected chi connectivity index (χ3v) is 7.18. The van der Waals surface area contributed by atoms with Gasteiger partial charge in [0.05, 0.1) is 0 Å². The second-order valence-corrected chi connectivity index (χ2v) is 9.04. The van der Waals surface area contributed by atoms with Gasteiger partial charge in [-0.15, -0.1) is 0 Å². The summed E-state index contributed by atoms with van der Waals surface area (Å²) in [5.74, 6) is 0.960. The van der Waals surface area contributed by atoms with Gasteiger partial charge in [0.1, 0.15) is 0 Å². The number of hydrogen-bond donors (Lipinski definition) is 1. The first kappa shape index (κ1) is 15.8. The first-order valence-electron chi connectivity index (χ1n) is 9.41. The van der Waals surface area contributed by atoms with E-state index in [0.29, 0.717) is 10.8 Å². The predicted octanol–water partition coefficient (Wildman–Crippen LogP) is 4.06. The average Bonchev–Trinajstić information content (AvgIpc) is 2.91. The quantitative estimate of drug-likeness (QED) is 0.769. The SMILES string of the molecule is CC1CCCCN1CCCNC1C2(C)CCC(C2)C1(C)C. The molecule has 3 aliphatic rings. The van der Waals surface area contributed by atoms with Gasteiger partial charge in [0, 0.05) is 12.1 Å². The van der Waals surface area contributed by atoms with E-state index in [1.807, 2.05) is 0 Å². The van der Waals surface area contributed by atoms with Crippen molar-refractivity contribution in [1.29, 1.82) is 0 Å². The second kappa shape index (κ2) is 5.85. The fourth-order valence-corrected chi connectivity index (χ4v) is 5.83.